The lowest BCUT2D eigenvalue weighted by molar-refractivity contribution is 1.27. The predicted molar refractivity (Wildman–Crippen MR) is 68.4 cm³/mol. The number of nitrogens with zero attached hydrogens (tertiary/aromatic N) is 1. The smallest absolute Gasteiger partial charge is 0.102 e. The normalized spacial score (nSPS) is 9.81. The third-order valence-corrected chi connectivity index (χ3v) is 2.36. The first-order chi connectivity index (χ1) is 7.79. The maximum absolute atomic E-state index is 7.85. The van der Waals surface area contributed by atoms with Crippen LogP contribution in [0.4, 0.5) is 11.4 Å². The van der Waals surface area contributed by atoms with Crippen LogP contribution in [-0.4, -0.2) is 5.84 Å². The van der Waals surface area contributed by atoms with E-state index >= 15 is 0 Å². The van der Waals surface area contributed by atoms with Gasteiger partial charge in [-0.25, -0.2) is 0 Å². The molecule has 0 aliphatic heterocycles. The van der Waals surface area contributed by atoms with E-state index < -0.39 is 0 Å². The van der Waals surface area contributed by atoms with Gasteiger partial charge < -0.3 is 0 Å². The van der Waals surface area contributed by atoms with E-state index in [1.807, 2.05) is 65.6 Å². The number of nitrogens with one attached hydrogen (secondary N) is 1. The van der Waals surface area contributed by atoms with Gasteiger partial charge in [-0.2, -0.15) is 0 Å². The molecule has 2 aromatic rings. The molecule has 0 aliphatic rings. The van der Waals surface area contributed by atoms with Crippen LogP contribution in [0.5, 0.6) is 0 Å². The van der Waals surface area contributed by atoms with Crippen LogP contribution in [-0.2, 0) is 0 Å². The van der Waals surface area contributed by atoms with Crippen LogP contribution in [0.15, 0.2) is 60.7 Å². The van der Waals surface area contributed by atoms with Crippen molar-refractivity contribution in [3.05, 3.63) is 60.7 Å². The van der Waals surface area contributed by atoms with Crippen LogP contribution in [0.2, 0.25) is 0 Å². The number of amidine groups is 1. The molecule has 2 nitrogen and oxygen atoms in total. The quantitative estimate of drug-likeness (QED) is 0.592. The average molecular weight is 210 g/mol. The SMILES string of the molecule is CC(=N)N(c1ccccc1)c1ccccc1. The third-order valence-electron chi connectivity index (χ3n) is 2.36. The molecule has 2 heteroatoms. The van der Waals surface area contributed by atoms with Gasteiger partial charge >= 0.3 is 0 Å². The summed E-state index contributed by atoms with van der Waals surface area (Å²) < 4.78 is 0. The third kappa shape index (κ3) is 2.11. The minimum absolute atomic E-state index is 0.511. The molecule has 0 spiro atoms. The molecule has 0 saturated heterocycles. The molecule has 80 valence electrons. The molecule has 0 amide bonds. The molecule has 0 saturated carbocycles. The van der Waals surface area contributed by atoms with E-state index in [9.17, 15) is 0 Å². The zero-order valence-corrected chi connectivity index (χ0v) is 9.22. The molecule has 1 N–H and O–H groups in total. The van der Waals surface area contributed by atoms with Gasteiger partial charge in [0, 0.05) is 11.4 Å². The summed E-state index contributed by atoms with van der Waals surface area (Å²) in [6.45, 7) is 1.79. The topological polar surface area (TPSA) is 27.1 Å². The highest BCUT2D eigenvalue weighted by Crippen LogP contribution is 2.24. The Morgan fingerprint density at radius 3 is 1.50 bits per heavy atom. The first kappa shape index (κ1) is 10.4. The van der Waals surface area contributed by atoms with E-state index in [0.717, 1.165) is 11.4 Å². The van der Waals surface area contributed by atoms with Gasteiger partial charge in [0.05, 0.1) is 0 Å². The van der Waals surface area contributed by atoms with Crippen molar-refractivity contribution in [2.24, 2.45) is 0 Å². The average Bonchev–Trinajstić information content (AvgIpc) is 2.31. The molecular weight excluding hydrogens is 196 g/mol. The second-order valence-electron chi connectivity index (χ2n) is 3.59. The van der Waals surface area contributed by atoms with E-state index in [1.165, 1.54) is 0 Å². The molecule has 0 fully saturated rings. The number of hydrogen-bond donors (Lipinski definition) is 1. The molecule has 16 heavy (non-hydrogen) atoms. The molecule has 0 atom stereocenters. The first-order valence-corrected chi connectivity index (χ1v) is 5.24. The van der Waals surface area contributed by atoms with Gasteiger partial charge in [0.2, 0.25) is 0 Å². The zero-order valence-electron chi connectivity index (χ0n) is 9.22. The van der Waals surface area contributed by atoms with Crippen LogP contribution in [0, 0.1) is 5.41 Å². The second kappa shape index (κ2) is 4.62. The number of rotatable bonds is 2. The maximum atomic E-state index is 7.85. The molecular formula is C14H14N2. The lowest BCUT2D eigenvalue weighted by Gasteiger charge is -2.23. The first-order valence-electron chi connectivity index (χ1n) is 5.24. The Morgan fingerprint density at radius 1 is 0.812 bits per heavy atom. The van der Waals surface area contributed by atoms with Gasteiger partial charge in [0.1, 0.15) is 5.84 Å². The summed E-state index contributed by atoms with van der Waals surface area (Å²) in [5.74, 6) is 0.511. The Labute approximate surface area is 95.7 Å². The van der Waals surface area contributed by atoms with Gasteiger partial charge in [-0.3, -0.25) is 10.3 Å². The molecule has 0 aliphatic carbocycles. The standard InChI is InChI=1S/C14H14N2/c1-12(15)16(13-8-4-2-5-9-13)14-10-6-3-7-11-14/h2-11,15H,1H3. The highest BCUT2D eigenvalue weighted by atomic mass is 15.2. The van der Waals surface area contributed by atoms with Crippen molar-refractivity contribution in [1.29, 1.82) is 5.41 Å². The molecule has 2 rings (SSSR count). The molecule has 0 aromatic heterocycles. The van der Waals surface area contributed by atoms with Crippen molar-refractivity contribution in [3.63, 3.8) is 0 Å². The van der Waals surface area contributed by atoms with Crippen molar-refractivity contribution in [3.8, 4) is 0 Å². The Morgan fingerprint density at radius 2 is 1.19 bits per heavy atom. The summed E-state index contributed by atoms with van der Waals surface area (Å²) >= 11 is 0. The van der Waals surface area contributed by atoms with Crippen LogP contribution in [0.3, 0.4) is 0 Å². The Balaban J connectivity index is 2.44. The van der Waals surface area contributed by atoms with Gasteiger partial charge in [0.25, 0.3) is 0 Å². The highest BCUT2D eigenvalue weighted by molar-refractivity contribution is 6.00. The van der Waals surface area contributed by atoms with Gasteiger partial charge in [-0.15, -0.1) is 0 Å². The van der Waals surface area contributed by atoms with Crippen molar-refractivity contribution in [2.75, 3.05) is 4.90 Å². The van der Waals surface area contributed by atoms with Crippen molar-refractivity contribution >= 4 is 17.2 Å². The van der Waals surface area contributed by atoms with Crippen molar-refractivity contribution in [2.45, 2.75) is 6.92 Å². The number of para-hydroxylation sites is 2. The fraction of sp³-hybridized carbons (Fsp3) is 0.0714. The Bertz CT molecular complexity index is 423. The molecule has 0 radical (unpaired) electrons. The van der Waals surface area contributed by atoms with E-state index in [1.54, 1.807) is 6.92 Å². The summed E-state index contributed by atoms with van der Waals surface area (Å²) in [5.41, 5.74) is 2.03. The second-order valence-corrected chi connectivity index (χ2v) is 3.59. The molecule has 2 aromatic carbocycles. The lowest BCUT2D eigenvalue weighted by atomic mass is 10.2. The summed E-state index contributed by atoms with van der Waals surface area (Å²) in [6.07, 6.45) is 0. The number of hydrogen-bond acceptors (Lipinski definition) is 1. The molecule has 0 bridgehead atoms. The minimum Gasteiger partial charge on any atom is -0.299 e. The van der Waals surface area contributed by atoms with Gasteiger partial charge in [0.15, 0.2) is 0 Å². The summed E-state index contributed by atoms with van der Waals surface area (Å²) in [6, 6.07) is 19.9. The van der Waals surface area contributed by atoms with Gasteiger partial charge in [-0.05, 0) is 31.2 Å². The Kier molecular flexibility index (Phi) is 3.01. The Hall–Kier alpha value is -2.09. The van der Waals surface area contributed by atoms with Crippen molar-refractivity contribution in [1.82, 2.24) is 0 Å². The zero-order chi connectivity index (χ0) is 11.4. The lowest BCUT2D eigenvalue weighted by Crippen LogP contribution is -2.21. The highest BCUT2D eigenvalue weighted by Gasteiger charge is 2.09. The summed E-state index contributed by atoms with van der Waals surface area (Å²) in [4.78, 5) is 1.92. The minimum atomic E-state index is 0.511. The van der Waals surface area contributed by atoms with Crippen LogP contribution in [0.25, 0.3) is 0 Å². The molecule has 0 unspecified atom stereocenters. The predicted octanol–water partition coefficient (Wildman–Crippen LogP) is 3.82. The maximum Gasteiger partial charge on any atom is 0.102 e. The van der Waals surface area contributed by atoms with E-state index in [0.29, 0.717) is 5.84 Å². The summed E-state index contributed by atoms with van der Waals surface area (Å²) in [7, 11) is 0. The van der Waals surface area contributed by atoms with E-state index in [2.05, 4.69) is 0 Å². The van der Waals surface area contributed by atoms with Crippen LogP contribution >= 0.6 is 0 Å². The van der Waals surface area contributed by atoms with Crippen LogP contribution < -0.4 is 4.90 Å². The van der Waals surface area contributed by atoms with E-state index in [-0.39, 0.29) is 0 Å². The van der Waals surface area contributed by atoms with Crippen molar-refractivity contribution < 1.29 is 0 Å². The van der Waals surface area contributed by atoms with Gasteiger partial charge in [-0.1, -0.05) is 36.4 Å². The van der Waals surface area contributed by atoms with Crippen LogP contribution in [0.1, 0.15) is 6.92 Å². The summed E-state index contributed by atoms with van der Waals surface area (Å²) in [5, 5.41) is 7.85. The fourth-order valence-corrected chi connectivity index (χ4v) is 1.69. The van der Waals surface area contributed by atoms with E-state index in [4.69, 9.17) is 5.41 Å². The largest absolute Gasteiger partial charge is 0.299 e. The number of benzene rings is 2. The number of anilines is 2. The monoisotopic (exact) mass is 210 g/mol. The fourth-order valence-electron chi connectivity index (χ4n) is 1.69. The molecule has 0 heterocycles.